The van der Waals surface area contributed by atoms with Gasteiger partial charge in [0.2, 0.25) is 5.91 Å². The van der Waals surface area contributed by atoms with Gasteiger partial charge in [-0.15, -0.1) is 0 Å². The first kappa shape index (κ1) is 16.8. The van der Waals surface area contributed by atoms with Crippen molar-refractivity contribution in [1.82, 2.24) is 15.5 Å². The van der Waals surface area contributed by atoms with Gasteiger partial charge in [-0.25, -0.2) is 0 Å². The molecule has 4 heteroatoms. The molecule has 2 aliphatic rings. The van der Waals surface area contributed by atoms with Gasteiger partial charge in [0.25, 0.3) is 0 Å². The van der Waals surface area contributed by atoms with Crippen LogP contribution in [0.4, 0.5) is 0 Å². The number of nitrogens with one attached hydrogen (secondary N) is 2. The largest absolute Gasteiger partial charge is 0.350 e. The molecule has 4 nitrogen and oxygen atoms in total. The summed E-state index contributed by atoms with van der Waals surface area (Å²) in [5.74, 6) is 0.881. The van der Waals surface area contributed by atoms with Crippen molar-refractivity contribution >= 4 is 5.91 Å². The Morgan fingerprint density at radius 1 is 1.33 bits per heavy atom. The number of hydrogen-bond acceptors (Lipinski definition) is 3. The minimum Gasteiger partial charge on any atom is -0.350 e. The van der Waals surface area contributed by atoms with Gasteiger partial charge in [0.05, 0.1) is 6.04 Å². The zero-order valence-corrected chi connectivity index (χ0v) is 14.2. The molecule has 1 amide bonds. The van der Waals surface area contributed by atoms with Crippen molar-refractivity contribution in [3.63, 3.8) is 0 Å². The van der Waals surface area contributed by atoms with Crippen LogP contribution in [0.3, 0.4) is 0 Å². The Morgan fingerprint density at radius 3 is 2.67 bits per heavy atom. The normalized spacial score (nSPS) is 25.6. The highest BCUT2D eigenvalue weighted by atomic mass is 16.2. The van der Waals surface area contributed by atoms with Gasteiger partial charge < -0.3 is 10.6 Å². The number of likely N-dealkylation sites (tertiary alicyclic amines) is 1. The number of amides is 1. The molecule has 21 heavy (non-hydrogen) atoms. The number of piperidine rings is 1. The molecule has 2 N–H and O–H groups in total. The van der Waals surface area contributed by atoms with Crippen LogP contribution in [0.5, 0.6) is 0 Å². The van der Waals surface area contributed by atoms with Gasteiger partial charge in [-0.1, -0.05) is 6.92 Å². The smallest absolute Gasteiger partial charge is 0.237 e. The maximum absolute atomic E-state index is 12.4. The summed E-state index contributed by atoms with van der Waals surface area (Å²) in [5, 5.41) is 6.82. The lowest BCUT2D eigenvalue weighted by Crippen LogP contribution is -2.54. The fourth-order valence-corrected chi connectivity index (χ4v) is 2.93. The summed E-state index contributed by atoms with van der Waals surface area (Å²) < 4.78 is 0. The number of carbonyl (C=O) groups is 1. The molecule has 122 valence electrons. The Kier molecular flexibility index (Phi) is 5.67. The zero-order valence-electron chi connectivity index (χ0n) is 14.2. The van der Waals surface area contributed by atoms with Crippen LogP contribution in [0.25, 0.3) is 0 Å². The summed E-state index contributed by atoms with van der Waals surface area (Å²) in [5.41, 5.74) is -0.103. The molecule has 2 fully saturated rings. The van der Waals surface area contributed by atoms with Crippen molar-refractivity contribution in [2.75, 3.05) is 19.6 Å². The molecule has 2 atom stereocenters. The number of rotatable bonds is 7. The van der Waals surface area contributed by atoms with E-state index in [1.54, 1.807) is 0 Å². The number of carbonyl (C=O) groups excluding carboxylic acids is 1. The molecule has 1 aliphatic carbocycles. The van der Waals surface area contributed by atoms with E-state index in [4.69, 9.17) is 0 Å². The fourth-order valence-electron chi connectivity index (χ4n) is 2.93. The van der Waals surface area contributed by atoms with Crippen molar-refractivity contribution in [2.24, 2.45) is 5.92 Å². The maximum Gasteiger partial charge on any atom is 0.237 e. The van der Waals surface area contributed by atoms with Crippen molar-refractivity contribution in [3.05, 3.63) is 0 Å². The molecule has 1 aliphatic heterocycles. The van der Waals surface area contributed by atoms with Crippen LogP contribution in [0.2, 0.25) is 0 Å². The Labute approximate surface area is 130 Å². The van der Waals surface area contributed by atoms with E-state index in [2.05, 4.69) is 43.2 Å². The maximum atomic E-state index is 12.4. The molecule has 1 saturated carbocycles. The lowest BCUT2D eigenvalue weighted by Gasteiger charge is -2.37. The second-order valence-electron chi connectivity index (χ2n) is 7.59. The SMILES string of the molecule is CCC(C)(C)NC(=O)C(C)N1CCCC(CNC2CC2)C1. The van der Waals surface area contributed by atoms with Crippen LogP contribution < -0.4 is 10.6 Å². The zero-order chi connectivity index (χ0) is 15.5. The van der Waals surface area contributed by atoms with Crippen LogP contribution >= 0.6 is 0 Å². The highest BCUT2D eigenvalue weighted by molar-refractivity contribution is 5.82. The minimum atomic E-state index is -0.103. The summed E-state index contributed by atoms with van der Waals surface area (Å²) in [6.07, 6.45) is 6.17. The van der Waals surface area contributed by atoms with Gasteiger partial charge in [-0.05, 0) is 71.9 Å². The lowest BCUT2D eigenvalue weighted by atomic mass is 9.96. The highest BCUT2D eigenvalue weighted by Crippen LogP contribution is 2.22. The van der Waals surface area contributed by atoms with Crippen molar-refractivity contribution in [1.29, 1.82) is 0 Å². The van der Waals surface area contributed by atoms with Crippen LogP contribution in [0, 0.1) is 5.92 Å². The Bertz CT molecular complexity index is 352. The third-order valence-electron chi connectivity index (χ3n) is 5.10. The third kappa shape index (κ3) is 5.26. The van der Waals surface area contributed by atoms with Crippen LogP contribution in [-0.2, 0) is 4.79 Å². The lowest BCUT2D eigenvalue weighted by molar-refractivity contribution is -0.128. The van der Waals surface area contributed by atoms with E-state index in [0.717, 1.165) is 32.1 Å². The first-order chi connectivity index (χ1) is 9.91. The van der Waals surface area contributed by atoms with Gasteiger partial charge in [-0.3, -0.25) is 9.69 Å². The van der Waals surface area contributed by atoms with E-state index < -0.39 is 0 Å². The topological polar surface area (TPSA) is 44.4 Å². The quantitative estimate of drug-likeness (QED) is 0.756. The first-order valence-corrected chi connectivity index (χ1v) is 8.70. The average Bonchev–Trinajstić information content (AvgIpc) is 3.28. The van der Waals surface area contributed by atoms with E-state index in [9.17, 15) is 4.79 Å². The van der Waals surface area contributed by atoms with Gasteiger partial charge in [-0.2, -0.15) is 0 Å². The molecule has 0 spiro atoms. The summed E-state index contributed by atoms with van der Waals surface area (Å²) in [4.78, 5) is 14.8. The third-order valence-corrected chi connectivity index (χ3v) is 5.10. The summed E-state index contributed by atoms with van der Waals surface area (Å²) in [7, 11) is 0. The molecule has 2 unspecified atom stereocenters. The monoisotopic (exact) mass is 295 g/mol. The molecular formula is C17H33N3O. The van der Waals surface area contributed by atoms with E-state index in [0.29, 0.717) is 5.92 Å². The van der Waals surface area contributed by atoms with Gasteiger partial charge in [0.1, 0.15) is 0 Å². The molecule has 0 aromatic rings. The summed E-state index contributed by atoms with van der Waals surface area (Å²) in [6.45, 7) is 11.6. The second-order valence-corrected chi connectivity index (χ2v) is 7.59. The molecular weight excluding hydrogens is 262 g/mol. The van der Waals surface area contributed by atoms with Crippen LogP contribution in [0.15, 0.2) is 0 Å². The van der Waals surface area contributed by atoms with Crippen molar-refractivity contribution in [3.8, 4) is 0 Å². The van der Waals surface area contributed by atoms with Crippen LogP contribution in [0.1, 0.15) is 59.8 Å². The minimum absolute atomic E-state index is 0.0143. The van der Waals surface area contributed by atoms with Gasteiger partial charge in [0, 0.05) is 18.1 Å². The molecule has 0 aromatic carbocycles. The van der Waals surface area contributed by atoms with Gasteiger partial charge >= 0.3 is 0 Å². The fraction of sp³-hybridized carbons (Fsp3) is 0.941. The van der Waals surface area contributed by atoms with E-state index >= 15 is 0 Å². The molecule has 0 radical (unpaired) electrons. The molecule has 0 aromatic heterocycles. The first-order valence-electron chi connectivity index (χ1n) is 8.70. The molecule has 0 bridgehead atoms. The molecule has 1 saturated heterocycles. The number of hydrogen-bond donors (Lipinski definition) is 2. The van der Waals surface area contributed by atoms with E-state index in [1.807, 2.05) is 0 Å². The number of nitrogens with zero attached hydrogens (tertiary/aromatic N) is 1. The highest BCUT2D eigenvalue weighted by Gasteiger charge is 2.30. The van der Waals surface area contributed by atoms with E-state index in [1.165, 1.54) is 25.7 Å². The van der Waals surface area contributed by atoms with Gasteiger partial charge in [0.15, 0.2) is 0 Å². The Balaban J connectivity index is 1.79. The second kappa shape index (κ2) is 7.10. The van der Waals surface area contributed by atoms with E-state index in [-0.39, 0.29) is 17.5 Å². The van der Waals surface area contributed by atoms with Crippen molar-refractivity contribution < 1.29 is 4.79 Å². The molecule has 1 heterocycles. The molecule has 2 rings (SSSR count). The van der Waals surface area contributed by atoms with Crippen molar-refractivity contribution in [2.45, 2.75) is 77.4 Å². The predicted octanol–water partition coefficient (Wildman–Crippen LogP) is 2.14. The summed E-state index contributed by atoms with van der Waals surface area (Å²) >= 11 is 0. The Hall–Kier alpha value is -0.610. The Morgan fingerprint density at radius 2 is 2.05 bits per heavy atom. The van der Waals surface area contributed by atoms with Crippen LogP contribution in [-0.4, -0.2) is 48.1 Å². The standard InChI is InChI=1S/C17H33N3O/c1-5-17(3,4)19-16(21)13(2)20-10-6-7-14(12-20)11-18-15-8-9-15/h13-15,18H,5-12H2,1-4H3,(H,19,21). The average molecular weight is 295 g/mol. The predicted molar refractivity (Wildman–Crippen MR) is 87.3 cm³/mol. The summed E-state index contributed by atoms with van der Waals surface area (Å²) in [6, 6.07) is 0.769.